The van der Waals surface area contributed by atoms with Crippen molar-refractivity contribution in [3.8, 4) is 0 Å². The van der Waals surface area contributed by atoms with E-state index >= 15 is 0 Å². The molecule has 1 heterocycles. The van der Waals surface area contributed by atoms with Crippen LogP contribution in [0.3, 0.4) is 0 Å². The Labute approximate surface area is 154 Å². The first-order valence-electron chi connectivity index (χ1n) is 9.34. The quantitative estimate of drug-likeness (QED) is 0.574. The molecule has 2 N–H and O–H groups in total. The molecule has 2 amide bonds. The van der Waals surface area contributed by atoms with Gasteiger partial charge in [0.05, 0.1) is 6.04 Å². The third-order valence-electron chi connectivity index (χ3n) is 5.05. The molecule has 2 rings (SSSR count). The minimum absolute atomic E-state index is 0.369. The molecule has 144 valence electrons. The SMILES string of the molecule is CCCC(CC)[N+]([O-])(C(=O)N1CCNCC1)C(C(=O)O)c1ccccc1. The molecule has 0 aliphatic carbocycles. The summed E-state index contributed by atoms with van der Waals surface area (Å²) in [6, 6.07) is 5.71. The van der Waals surface area contributed by atoms with Gasteiger partial charge >= 0.3 is 12.0 Å². The van der Waals surface area contributed by atoms with E-state index in [1.54, 1.807) is 30.3 Å². The molecule has 0 radical (unpaired) electrons. The molecule has 0 bridgehead atoms. The highest BCUT2D eigenvalue weighted by atomic mass is 16.6. The molecule has 7 nitrogen and oxygen atoms in total. The van der Waals surface area contributed by atoms with E-state index in [2.05, 4.69) is 5.32 Å². The zero-order valence-corrected chi connectivity index (χ0v) is 15.6. The molecule has 26 heavy (non-hydrogen) atoms. The summed E-state index contributed by atoms with van der Waals surface area (Å²) in [4.78, 5) is 27.0. The Morgan fingerprint density at radius 2 is 1.85 bits per heavy atom. The molecule has 1 aliphatic heterocycles. The average Bonchev–Trinajstić information content (AvgIpc) is 2.66. The van der Waals surface area contributed by atoms with Crippen LogP contribution in [0.25, 0.3) is 0 Å². The Morgan fingerprint density at radius 1 is 1.23 bits per heavy atom. The fourth-order valence-electron chi connectivity index (χ4n) is 3.72. The number of quaternary nitrogens is 1. The molecule has 1 aromatic rings. The van der Waals surface area contributed by atoms with Crippen molar-refractivity contribution in [2.24, 2.45) is 0 Å². The van der Waals surface area contributed by atoms with Crippen LogP contribution >= 0.6 is 0 Å². The average molecular weight is 363 g/mol. The van der Waals surface area contributed by atoms with Crippen LogP contribution in [0.1, 0.15) is 44.7 Å². The van der Waals surface area contributed by atoms with Gasteiger partial charge in [-0.05, 0) is 6.42 Å². The molecule has 0 aromatic heterocycles. The van der Waals surface area contributed by atoms with E-state index in [1.165, 1.54) is 4.90 Å². The molecular weight excluding hydrogens is 334 g/mol. The molecule has 1 aromatic carbocycles. The van der Waals surface area contributed by atoms with E-state index in [9.17, 15) is 19.9 Å². The first-order chi connectivity index (χ1) is 12.5. The minimum Gasteiger partial charge on any atom is -0.623 e. The van der Waals surface area contributed by atoms with E-state index in [-0.39, 0.29) is 0 Å². The highest BCUT2D eigenvalue weighted by molar-refractivity contribution is 5.79. The van der Waals surface area contributed by atoms with Gasteiger partial charge in [-0.15, -0.1) is 0 Å². The van der Waals surface area contributed by atoms with Gasteiger partial charge in [-0.2, -0.15) is 0 Å². The molecule has 3 atom stereocenters. The highest BCUT2D eigenvalue weighted by Gasteiger charge is 2.49. The Morgan fingerprint density at radius 3 is 2.35 bits per heavy atom. The normalized spacial score (nSPS) is 19.4. The molecule has 0 spiro atoms. The zero-order valence-electron chi connectivity index (χ0n) is 15.6. The molecule has 7 heteroatoms. The van der Waals surface area contributed by atoms with Crippen molar-refractivity contribution in [1.82, 2.24) is 10.2 Å². The predicted octanol–water partition coefficient (Wildman–Crippen LogP) is 2.73. The van der Waals surface area contributed by atoms with Crippen LogP contribution in [0.4, 0.5) is 4.79 Å². The minimum atomic E-state index is -1.46. The topological polar surface area (TPSA) is 92.7 Å². The summed E-state index contributed by atoms with van der Waals surface area (Å²) >= 11 is 0. The molecule has 1 saturated heterocycles. The maximum Gasteiger partial charge on any atom is 0.420 e. The first-order valence-corrected chi connectivity index (χ1v) is 9.34. The lowest BCUT2D eigenvalue weighted by atomic mass is 9.99. The van der Waals surface area contributed by atoms with Crippen molar-refractivity contribution >= 4 is 12.0 Å². The second kappa shape index (κ2) is 9.12. The summed E-state index contributed by atoms with van der Waals surface area (Å²) in [6.07, 6.45) is 1.68. The number of nitrogens with zero attached hydrogens (tertiary/aromatic N) is 2. The Bertz CT molecular complexity index is 604. The smallest absolute Gasteiger partial charge is 0.420 e. The van der Waals surface area contributed by atoms with Crippen molar-refractivity contribution < 1.29 is 19.3 Å². The number of piperazine rings is 1. The highest BCUT2D eigenvalue weighted by Crippen LogP contribution is 2.36. The van der Waals surface area contributed by atoms with Gasteiger partial charge in [0, 0.05) is 38.2 Å². The van der Waals surface area contributed by atoms with Gasteiger partial charge in [-0.25, -0.2) is 9.59 Å². The number of carbonyl (C=O) groups excluding carboxylic acids is 1. The van der Waals surface area contributed by atoms with Gasteiger partial charge in [0.2, 0.25) is 6.04 Å². The monoisotopic (exact) mass is 363 g/mol. The van der Waals surface area contributed by atoms with Gasteiger partial charge in [0.15, 0.2) is 0 Å². The number of urea groups is 1. The number of benzene rings is 1. The van der Waals surface area contributed by atoms with Gasteiger partial charge < -0.3 is 15.6 Å². The fourth-order valence-corrected chi connectivity index (χ4v) is 3.72. The van der Waals surface area contributed by atoms with E-state index in [0.717, 1.165) is 6.42 Å². The number of carbonyl (C=O) groups is 2. The number of nitrogens with one attached hydrogen (secondary N) is 1. The van der Waals surface area contributed by atoms with Gasteiger partial charge in [-0.1, -0.05) is 50.6 Å². The summed E-state index contributed by atoms with van der Waals surface area (Å²) in [5.74, 6) is -1.26. The number of hydrogen-bond donors (Lipinski definition) is 2. The van der Waals surface area contributed by atoms with Crippen molar-refractivity contribution in [3.63, 3.8) is 0 Å². The first kappa shape index (κ1) is 20.4. The standard InChI is InChI=1S/C19H29N3O4/c1-3-8-16(4-2)22(26,19(25)21-13-11-20-12-14-21)17(18(23)24)15-9-6-5-7-10-15/h5-7,9-10,16-17,20H,3-4,8,11-14H2,1-2H3,(H,23,24). The van der Waals surface area contributed by atoms with Crippen LogP contribution in [-0.2, 0) is 4.79 Å². The van der Waals surface area contributed by atoms with Crippen LogP contribution in [0.15, 0.2) is 30.3 Å². The summed E-state index contributed by atoms with van der Waals surface area (Å²) in [5, 5.41) is 27.2. The van der Waals surface area contributed by atoms with E-state index < -0.39 is 28.7 Å². The van der Waals surface area contributed by atoms with Crippen molar-refractivity contribution in [2.45, 2.75) is 45.2 Å². The van der Waals surface area contributed by atoms with Crippen LogP contribution in [0.5, 0.6) is 0 Å². The third kappa shape index (κ3) is 4.06. The van der Waals surface area contributed by atoms with Gasteiger partial charge in [-0.3, -0.25) is 9.55 Å². The molecule has 1 aliphatic rings. The molecule has 0 saturated carbocycles. The number of carboxylic acids is 1. The van der Waals surface area contributed by atoms with Crippen molar-refractivity contribution in [3.05, 3.63) is 41.1 Å². The lowest BCUT2D eigenvalue weighted by molar-refractivity contribution is -0.854. The predicted molar refractivity (Wildman–Crippen MR) is 99.3 cm³/mol. The van der Waals surface area contributed by atoms with E-state index in [4.69, 9.17) is 0 Å². The Hall–Kier alpha value is -1.96. The number of hydroxylamine groups is 3. The van der Waals surface area contributed by atoms with E-state index in [0.29, 0.717) is 44.6 Å². The second-order valence-electron chi connectivity index (χ2n) is 6.73. The van der Waals surface area contributed by atoms with Crippen molar-refractivity contribution in [1.29, 1.82) is 0 Å². The number of carboxylic acid groups (broad SMARTS) is 1. The second-order valence-corrected chi connectivity index (χ2v) is 6.73. The largest absolute Gasteiger partial charge is 0.623 e. The number of rotatable bonds is 7. The summed E-state index contributed by atoms with van der Waals surface area (Å²) in [5.41, 5.74) is 0.369. The maximum atomic E-state index is 14.1. The van der Waals surface area contributed by atoms with Gasteiger partial charge in [0.25, 0.3) is 0 Å². The zero-order chi connectivity index (χ0) is 19.2. The van der Waals surface area contributed by atoms with Gasteiger partial charge in [0.1, 0.15) is 0 Å². The van der Waals surface area contributed by atoms with Crippen LogP contribution < -0.4 is 5.32 Å². The Kier molecular flexibility index (Phi) is 7.14. The Balaban J connectivity index is 2.53. The van der Waals surface area contributed by atoms with Crippen LogP contribution in [0, 0.1) is 5.21 Å². The van der Waals surface area contributed by atoms with Crippen LogP contribution in [0.2, 0.25) is 0 Å². The maximum absolute atomic E-state index is 14.1. The number of aliphatic carboxylic acids is 1. The van der Waals surface area contributed by atoms with Crippen LogP contribution in [-0.4, -0.2) is 58.9 Å². The fraction of sp³-hybridized carbons (Fsp3) is 0.579. The third-order valence-corrected chi connectivity index (χ3v) is 5.05. The number of hydrogen-bond acceptors (Lipinski definition) is 4. The molecular formula is C19H29N3O4. The van der Waals surface area contributed by atoms with Crippen molar-refractivity contribution in [2.75, 3.05) is 26.2 Å². The molecule has 3 unspecified atom stereocenters. The lowest BCUT2D eigenvalue weighted by Gasteiger charge is -2.51. The summed E-state index contributed by atoms with van der Waals surface area (Å²) in [6.45, 7) is 5.86. The van der Waals surface area contributed by atoms with E-state index in [1.807, 2.05) is 13.8 Å². The molecule has 1 fully saturated rings. The summed E-state index contributed by atoms with van der Waals surface area (Å²) in [7, 11) is 0. The lowest BCUT2D eigenvalue weighted by Crippen LogP contribution is -2.64. The number of amides is 2. The summed E-state index contributed by atoms with van der Waals surface area (Å²) < 4.78 is -1.36.